The van der Waals surface area contributed by atoms with Gasteiger partial charge in [-0.2, -0.15) is 18.3 Å². The fourth-order valence-electron chi connectivity index (χ4n) is 3.43. The lowest BCUT2D eigenvalue weighted by Crippen LogP contribution is -2.25. The maximum Gasteiger partial charge on any atom is 0.435 e. The molecule has 0 saturated heterocycles. The van der Waals surface area contributed by atoms with Crippen LogP contribution < -0.4 is 10.1 Å². The summed E-state index contributed by atoms with van der Waals surface area (Å²) in [4.78, 5) is 23.6. The highest BCUT2D eigenvalue weighted by Gasteiger charge is 2.35. The Hall–Kier alpha value is -3.89. The van der Waals surface area contributed by atoms with Gasteiger partial charge in [-0.25, -0.2) is 0 Å². The molecule has 1 amide bonds. The van der Waals surface area contributed by atoms with Crippen molar-refractivity contribution in [2.45, 2.75) is 46.8 Å². The fourth-order valence-corrected chi connectivity index (χ4v) is 3.43. The molecule has 0 aliphatic rings. The number of carbonyl (C=O) groups excluding carboxylic acids is 1. The van der Waals surface area contributed by atoms with E-state index < -0.39 is 28.7 Å². The Morgan fingerprint density at radius 3 is 2.38 bits per heavy atom. The number of aryl methyl sites for hydroxylation is 3. The number of ether oxygens (including phenoxy) is 1. The van der Waals surface area contributed by atoms with Gasteiger partial charge in [-0.05, 0) is 63.4 Å². The number of benzene rings is 2. The zero-order chi connectivity index (χ0) is 25.4. The summed E-state index contributed by atoms with van der Waals surface area (Å²) in [7, 11) is 0. The van der Waals surface area contributed by atoms with Crippen molar-refractivity contribution in [1.29, 1.82) is 0 Å². The van der Waals surface area contributed by atoms with Crippen molar-refractivity contribution < 1.29 is 27.6 Å². The van der Waals surface area contributed by atoms with Crippen molar-refractivity contribution in [3.05, 3.63) is 74.6 Å². The van der Waals surface area contributed by atoms with E-state index in [4.69, 9.17) is 4.74 Å². The van der Waals surface area contributed by atoms with Crippen molar-refractivity contribution in [2.75, 3.05) is 5.32 Å². The van der Waals surface area contributed by atoms with Crippen LogP contribution >= 0.6 is 0 Å². The van der Waals surface area contributed by atoms with Gasteiger partial charge in [0, 0.05) is 17.8 Å². The summed E-state index contributed by atoms with van der Waals surface area (Å²) in [6, 6.07) is 7.28. The third-order valence-electron chi connectivity index (χ3n) is 5.32. The molecule has 0 aliphatic heterocycles. The summed E-state index contributed by atoms with van der Waals surface area (Å²) in [5, 5.41) is 17.4. The topological polar surface area (TPSA) is 99.3 Å². The first kappa shape index (κ1) is 24.7. The van der Waals surface area contributed by atoms with Crippen molar-refractivity contribution >= 4 is 17.3 Å². The molecule has 0 fully saturated rings. The molecule has 1 N–H and O–H groups in total. The second kappa shape index (κ2) is 9.16. The van der Waals surface area contributed by atoms with Crippen molar-refractivity contribution in [2.24, 2.45) is 0 Å². The van der Waals surface area contributed by atoms with E-state index in [2.05, 4.69) is 10.4 Å². The number of alkyl halides is 3. The molecule has 2 aromatic carbocycles. The number of aromatic nitrogens is 2. The molecule has 0 aliphatic carbocycles. The largest absolute Gasteiger partial charge is 0.457 e. The monoisotopic (exact) mass is 476 g/mol. The zero-order valence-corrected chi connectivity index (χ0v) is 19.1. The van der Waals surface area contributed by atoms with Crippen molar-refractivity contribution in [3.63, 3.8) is 0 Å². The van der Waals surface area contributed by atoms with Crippen LogP contribution in [0, 0.1) is 37.8 Å². The Morgan fingerprint density at radius 2 is 1.79 bits per heavy atom. The van der Waals surface area contributed by atoms with Gasteiger partial charge in [-0.15, -0.1) is 0 Å². The van der Waals surface area contributed by atoms with E-state index in [1.165, 1.54) is 26.0 Å². The average Bonchev–Trinajstić information content (AvgIpc) is 3.13. The van der Waals surface area contributed by atoms with Gasteiger partial charge in [0.15, 0.2) is 5.69 Å². The number of nitro benzene ring substituents is 1. The third-order valence-corrected chi connectivity index (χ3v) is 5.32. The predicted molar refractivity (Wildman–Crippen MR) is 119 cm³/mol. The van der Waals surface area contributed by atoms with Gasteiger partial charge < -0.3 is 10.1 Å². The van der Waals surface area contributed by atoms with Gasteiger partial charge in [-0.1, -0.05) is 6.07 Å². The van der Waals surface area contributed by atoms with E-state index in [9.17, 15) is 28.1 Å². The molecule has 0 radical (unpaired) electrons. The molecule has 0 bridgehead atoms. The summed E-state index contributed by atoms with van der Waals surface area (Å²) in [5.41, 5.74) is 1.55. The van der Waals surface area contributed by atoms with Gasteiger partial charge in [0.2, 0.25) is 5.91 Å². The Morgan fingerprint density at radius 1 is 1.12 bits per heavy atom. The lowest BCUT2D eigenvalue weighted by atomic mass is 10.1. The number of halogens is 3. The number of rotatable bonds is 6. The summed E-state index contributed by atoms with van der Waals surface area (Å²) in [5.74, 6) is -0.0654. The number of nitrogens with zero attached hydrogens (tertiary/aromatic N) is 3. The van der Waals surface area contributed by atoms with Crippen LogP contribution in [0.5, 0.6) is 11.5 Å². The highest BCUT2D eigenvalue weighted by Crippen LogP contribution is 2.33. The minimum atomic E-state index is -4.65. The number of hydrogen-bond acceptors (Lipinski definition) is 5. The van der Waals surface area contributed by atoms with Crippen molar-refractivity contribution in [3.8, 4) is 11.5 Å². The van der Waals surface area contributed by atoms with Crippen LogP contribution in [0.3, 0.4) is 0 Å². The van der Waals surface area contributed by atoms with Crippen LogP contribution in [0.15, 0.2) is 36.4 Å². The van der Waals surface area contributed by atoms with E-state index in [-0.39, 0.29) is 22.8 Å². The van der Waals surface area contributed by atoms with Gasteiger partial charge in [0.25, 0.3) is 5.69 Å². The normalized spacial score (nSPS) is 12.4. The summed E-state index contributed by atoms with van der Waals surface area (Å²) < 4.78 is 45.7. The Bertz CT molecular complexity index is 1270. The highest BCUT2D eigenvalue weighted by molar-refractivity contribution is 5.94. The van der Waals surface area contributed by atoms with Crippen LogP contribution in [0.1, 0.15) is 41.0 Å². The molecule has 1 atom stereocenters. The van der Waals surface area contributed by atoms with E-state index in [0.29, 0.717) is 5.75 Å². The van der Waals surface area contributed by atoms with Crippen LogP contribution in [0.25, 0.3) is 0 Å². The van der Waals surface area contributed by atoms with E-state index in [1.807, 2.05) is 26.8 Å². The Labute approximate surface area is 193 Å². The Balaban J connectivity index is 1.90. The summed E-state index contributed by atoms with van der Waals surface area (Å²) in [6.07, 6.45) is -4.65. The lowest BCUT2D eigenvalue weighted by molar-refractivity contribution is -0.384. The maximum absolute atomic E-state index is 13.0. The molecule has 0 saturated carbocycles. The quantitative estimate of drug-likeness (QED) is 0.346. The molecule has 8 nitrogen and oxygen atoms in total. The third kappa shape index (κ3) is 5.36. The van der Waals surface area contributed by atoms with E-state index >= 15 is 0 Å². The number of nitrogens with one attached hydrogen (secondary N) is 1. The van der Waals surface area contributed by atoms with E-state index in [1.54, 1.807) is 6.07 Å². The van der Waals surface area contributed by atoms with Crippen molar-refractivity contribution in [1.82, 2.24) is 9.78 Å². The minimum absolute atomic E-state index is 0.0592. The Kier molecular flexibility index (Phi) is 6.67. The van der Waals surface area contributed by atoms with E-state index in [0.717, 1.165) is 33.5 Å². The number of hydrogen-bond donors (Lipinski definition) is 1. The first-order valence-electron chi connectivity index (χ1n) is 10.3. The van der Waals surface area contributed by atoms with Gasteiger partial charge in [0.05, 0.1) is 16.7 Å². The molecule has 1 unspecified atom stereocenters. The van der Waals surface area contributed by atoms with Crippen LogP contribution in [0.4, 0.5) is 24.5 Å². The smallest absolute Gasteiger partial charge is 0.435 e. The van der Waals surface area contributed by atoms with Gasteiger partial charge in [-0.3, -0.25) is 19.6 Å². The first-order chi connectivity index (χ1) is 15.8. The van der Waals surface area contributed by atoms with Gasteiger partial charge in [0.1, 0.15) is 17.5 Å². The van der Waals surface area contributed by atoms with Crippen LogP contribution in [0.2, 0.25) is 0 Å². The van der Waals surface area contributed by atoms with Crippen LogP contribution in [-0.4, -0.2) is 20.6 Å². The highest BCUT2D eigenvalue weighted by atomic mass is 19.4. The second-order valence-corrected chi connectivity index (χ2v) is 8.06. The SMILES string of the molecule is Cc1cc(C)c(C)c(Oc2cc(NC(=O)C(C)n3nc(C(F)(F)F)cc3C)cc([N+](=O)[O-])c2)c1. The molecule has 34 heavy (non-hydrogen) atoms. The molecule has 3 rings (SSSR count). The number of nitro groups is 1. The second-order valence-electron chi connectivity index (χ2n) is 8.06. The number of carbonyl (C=O) groups is 1. The van der Waals surface area contributed by atoms with Crippen LogP contribution in [-0.2, 0) is 11.0 Å². The molecule has 1 heterocycles. The van der Waals surface area contributed by atoms with Gasteiger partial charge >= 0.3 is 6.18 Å². The molecule has 3 aromatic rings. The standard InChI is InChI=1S/C23H23F3N4O4/c1-12-6-13(2)15(4)20(7-12)34-19-10-17(9-18(11-19)30(32)33)27-22(31)16(5)29-14(3)8-21(28-29)23(24,25)26/h6-11,16H,1-5H3,(H,27,31). The molecule has 11 heteroatoms. The maximum atomic E-state index is 13.0. The predicted octanol–water partition coefficient (Wildman–Crippen LogP) is 6.04. The fraction of sp³-hybridized carbons (Fsp3) is 0.304. The summed E-state index contributed by atoms with van der Waals surface area (Å²) in [6.45, 7) is 8.44. The zero-order valence-electron chi connectivity index (χ0n) is 19.1. The summed E-state index contributed by atoms with van der Waals surface area (Å²) >= 11 is 0. The molecule has 180 valence electrons. The molecule has 0 spiro atoms. The first-order valence-corrected chi connectivity index (χ1v) is 10.3. The molecule has 1 aromatic heterocycles. The average molecular weight is 476 g/mol. The lowest BCUT2D eigenvalue weighted by Gasteiger charge is -2.16. The number of amides is 1. The minimum Gasteiger partial charge on any atom is -0.457 e. The molecular formula is C23H23F3N4O4. The number of non-ortho nitro benzene ring substituents is 1. The number of anilines is 1. The molecular weight excluding hydrogens is 453 g/mol.